The molecule has 0 fully saturated rings. The Morgan fingerprint density at radius 2 is 1.95 bits per heavy atom. The van der Waals surface area contributed by atoms with Gasteiger partial charge in [-0.2, -0.15) is 0 Å². The summed E-state index contributed by atoms with van der Waals surface area (Å²) in [5.41, 5.74) is 2.67. The molecule has 3 rings (SSSR count). The number of hydrogen-bond donors (Lipinski definition) is 2. The molecule has 0 bridgehead atoms. The maximum atomic E-state index is 12.0. The molecule has 1 aliphatic rings. The predicted octanol–water partition coefficient (Wildman–Crippen LogP) is 2.27. The predicted molar refractivity (Wildman–Crippen MR) is 74.1 cm³/mol. The van der Waals surface area contributed by atoms with E-state index in [9.17, 15) is 9.59 Å². The summed E-state index contributed by atoms with van der Waals surface area (Å²) in [4.78, 5) is 26.9. The Labute approximate surface area is 114 Å². The van der Waals surface area contributed by atoms with Crippen LogP contribution >= 0.6 is 0 Å². The number of aromatic carboxylic acids is 1. The van der Waals surface area contributed by atoms with Crippen molar-refractivity contribution in [1.29, 1.82) is 0 Å². The number of pyridine rings is 1. The minimum atomic E-state index is -1.02. The molecule has 1 amide bonds. The monoisotopic (exact) mass is 266 g/mol. The van der Waals surface area contributed by atoms with Gasteiger partial charge in [-0.15, -0.1) is 0 Å². The van der Waals surface area contributed by atoms with Crippen molar-refractivity contribution >= 4 is 29.2 Å². The van der Waals surface area contributed by atoms with Crippen LogP contribution < -0.4 is 5.32 Å². The first-order valence-electron chi connectivity index (χ1n) is 5.96. The van der Waals surface area contributed by atoms with Gasteiger partial charge in [-0.25, -0.2) is 4.79 Å². The van der Waals surface area contributed by atoms with Crippen LogP contribution in [0, 0.1) is 0 Å². The third-order valence-corrected chi connectivity index (χ3v) is 3.07. The van der Waals surface area contributed by atoms with Gasteiger partial charge >= 0.3 is 5.97 Å². The van der Waals surface area contributed by atoms with Crippen molar-refractivity contribution in [3.8, 4) is 0 Å². The first kappa shape index (κ1) is 12.1. The van der Waals surface area contributed by atoms with E-state index < -0.39 is 5.97 Å². The molecule has 1 aromatic heterocycles. The van der Waals surface area contributed by atoms with E-state index in [0.29, 0.717) is 16.8 Å². The number of nitrogens with zero attached hydrogens (tertiary/aromatic N) is 1. The zero-order chi connectivity index (χ0) is 14.1. The van der Waals surface area contributed by atoms with Gasteiger partial charge in [0.25, 0.3) is 5.91 Å². The van der Waals surface area contributed by atoms with Crippen molar-refractivity contribution in [2.75, 3.05) is 5.32 Å². The van der Waals surface area contributed by atoms with Crippen LogP contribution in [0.3, 0.4) is 0 Å². The van der Waals surface area contributed by atoms with Gasteiger partial charge < -0.3 is 10.4 Å². The lowest BCUT2D eigenvalue weighted by Crippen LogP contribution is -2.03. The Bertz CT molecular complexity index is 736. The lowest BCUT2D eigenvalue weighted by atomic mass is 10.0. The number of anilines is 1. The Morgan fingerprint density at radius 3 is 2.65 bits per heavy atom. The second kappa shape index (κ2) is 4.62. The summed E-state index contributed by atoms with van der Waals surface area (Å²) in [6.45, 7) is 0. The first-order chi connectivity index (χ1) is 9.65. The second-order valence-electron chi connectivity index (χ2n) is 4.36. The quantitative estimate of drug-likeness (QED) is 0.817. The molecule has 5 heteroatoms. The highest BCUT2D eigenvalue weighted by atomic mass is 16.4. The molecule has 2 heterocycles. The number of nitrogens with one attached hydrogen (secondary N) is 1. The van der Waals surface area contributed by atoms with Crippen molar-refractivity contribution in [2.24, 2.45) is 0 Å². The van der Waals surface area contributed by atoms with Gasteiger partial charge in [0.2, 0.25) is 0 Å². The Kier molecular flexibility index (Phi) is 2.80. The SMILES string of the molecule is O=C1Nc2ccc(C(=O)O)cc2/C1=C\c1ccncc1. The molecule has 5 nitrogen and oxygen atoms in total. The average Bonchev–Trinajstić information content (AvgIpc) is 2.75. The molecule has 0 spiro atoms. The Morgan fingerprint density at radius 1 is 1.20 bits per heavy atom. The van der Waals surface area contributed by atoms with Crippen LogP contribution in [0.4, 0.5) is 5.69 Å². The maximum absolute atomic E-state index is 12.0. The molecule has 1 aromatic carbocycles. The molecule has 2 N–H and O–H groups in total. The number of rotatable bonds is 2. The minimum Gasteiger partial charge on any atom is -0.478 e. The van der Waals surface area contributed by atoms with Crippen LogP contribution in [0.1, 0.15) is 21.5 Å². The third kappa shape index (κ3) is 2.05. The van der Waals surface area contributed by atoms with Crippen LogP contribution in [0.25, 0.3) is 11.6 Å². The van der Waals surface area contributed by atoms with E-state index in [0.717, 1.165) is 5.56 Å². The molecule has 98 valence electrons. The second-order valence-corrected chi connectivity index (χ2v) is 4.36. The van der Waals surface area contributed by atoms with Crippen LogP contribution in [0.2, 0.25) is 0 Å². The number of hydrogen-bond acceptors (Lipinski definition) is 3. The molecule has 0 unspecified atom stereocenters. The normalized spacial score (nSPS) is 15.0. The van der Waals surface area contributed by atoms with Crippen LogP contribution in [-0.4, -0.2) is 22.0 Å². The summed E-state index contributed by atoms with van der Waals surface area (Å²) in [6, 6.07) is 8.13. The van der Waals surface area contributed by atoms with E-state index >= 15 is 0 Å². The van der Waals surface area contributed by atoms with Crippen molar-refractivity contribution in [3.05, 3.63) is 59.4 Å². The summed E-state index contributed by atoms with van der Waals surface area (Å²) in [7, 11) is 0. The average molecular weight is 266 g/mol. The van der Waals surface area contributed by atoms with Crippen LogP contribution in [-0.2, 0) is 4.79 Å². The fourth-order valence-electron chi connectivity index (χ4n) is 2.09. The van der Waals surface area contributed by atoms with Gasteiger partial charge in [0.05, 0.1) is 5.56 Å². The van der Waals surface area contributed by atoms with E-state index in [-0.39, 0.29) is 11.5 Å². The van der Waals surface area contributed by atoms with E-state index in [1.807, 2.05) is 0 Å². The molecule has 0 saturated carbocycles. The molecule has 1 aliphatic heterocycles. The number of carboxylic acid groups (broad SMARTS) is 1. The van der Waals surface area contributed by atoms with Gasteiger partial charge in [0.1, 0.15) is 0 Å². The van der Waals surface area contributed by atoms with Gasteiger partial charge in [-0.3, -0.25) is 9.78 Å². The number of carboxylic acids is 1. The maximum Gasteiger partial charge on any atom is 0.335 e. The van der Waals surface area contributed by atoms with E-state index in [1.165, 1.54) is 12.1 Å². The smallest absolute Gasteiger partial charge is 0.335 e. The molecule has 0 saturated heterocycles. The largest absolute Gasteiger partial charge is 0.478 e. The van der Waals surface area contributed by atoms with E-state index in [1.54, 1.807) is 36.7 Å². The highest BCUT2D eigenvalue weighted by molar-refractivity contribution is 6.35. The Balaban J connectivity index is 2.11. The highest BCUT2D eigenvalue weighted by Crippen LogP contribution is 2.33. The molecule has 0 atom stereocenters. The van der Waals surface area contributed by atoms with Gasteiger partial charge in [0.15, 0.2) is 0 Å². The van der Waals surface area contributed by atoms with Crippen molar-refractivity contribution in [2.45, 2.75) is 0 Å². The molecule has 0 radical (unpaired) electrons. The molecule has 20 heavy (non-hydrogen) atoms. The fourth-order valence-corrected chi connectivity index (χ4v) is 2.09. The van der Waals surface area contributed by atoms with Crippen molar-refractivity contribution in [3.63, 3.8) is 0 Å². The van der Waals surface area contributed by atoms with Crippen molar-refractivity contribution < 1.29 is 14.7 Å². The highest BCUT2D eigenvalue weighted by Gasteiger charge is 2.25. The van der Waals surface area contributed by atoms with E-state index in [2.05, 4.69) is 10.3 Å². The summed E-state index contributed by atoms with van der Waals surface area (Å²) >= 11 is 0. The standard InChI is InChI=1S/C15H10N2O3/c18-14-12(7-9-3-5-16-6-4-9)11-8-10(15(19)20)1-2-13(11)17-14/h1-8H,(H,17,18)(H,19,20)/b12-7+. The summed E-state index contributed by atoms with van der Waals surface area (Å²) in [6.07, 6.45) is 4.98. The first-order valence-corrected chi connectivity index (χ1v) is 5.96. The number of benzene rings is 1. The molecular formula is C15H10N2O3. The van der Waals surface area contributed by atoms with Crippen LogP contribution in [0.15, 0.2) is 42.7 Å². The number of carbonyl (C=O) groups is 2. The number of amides is 1. The molecular weight excluding hydrogens is 256 g/mol. The van der Waals surface area contributed by atoms with Gasteiger partial charge in [-0.05, 0) is 42.0 Å². The van der Waals surface area contributed by atoms with E-state index in [4.69, 9.17) is 5.11 Å². The van der Waals surface area contributed by atoms with Gasteiger partial charge in [0, 0.05) is 29.2 Å². The van der Waals surface area contributed by atoms with Gasteiger partial charge in [-0.1, -0.05) is 0 Å². The Hall–Kier alpha value is -2.95. The minimum absolute atomic E-state index is 0.154. The number of aromatic nitrogens is 1. The lowest BCUT2D eigenvalue weighted by Gasteiger charge is -2.01. The molecule has 0 aliphatic carbocycles. The topological polar surface area (TPSA) is 79.3 Å². The third-order valence-electron chi connectivity index (χ3n) is 3.07. The lowest BCUT2D eigenvalue weighted by molar-refractivity contribution is -0.110. The summed E-state index contributed by atoms with van der Waals surface area (Å²) < 4.78 is 0. The number of fused-ring (bicyclic) bond motifs is 1. The summed E-state index contributed by atoms with van der Waals surface area (Å²) in [5.74, 6) is -1.25. The summed E-state index contributed by atoms with van der Waals surface area (Å²) in [5, 5.41) is 11.7. The molecule has 2 aromatic rings. The van der Waals surface area contributed by atoms with Crippen LogP contribution in [0.5, 0.6) is 0 Å². The zero-order valence-electron chi connectivity index (χ0n) is 10.3. The zero-order valence-corrected chi connectivity index (χ0v) is 10.3. The van der Waals surface area contributed by atoms with Crippen molar-refractivity contribution in [1.82, 2.24) is 4.98 Å². The fraction of sp³-hybridized carbons (Fsp3) is 0. The number of carbonyl (C=O) groups excluding carboxylic acids is 1.